The fraction of sp³-hybridized carbons (Fsp3) is 0.211. The molecule has 2 aromatic rings. The second kappa shape index (κ2) is 7.11. The Balaban J connectivity index is 1.90. The summed E-state index contributed by atoms with van der Waals surface area (Å²) in [5.41, 5.74) is -0.780. The number of hydrogen-bond donors (Lipinski definition) is 1. The Morgan fingerprint density at radius 3 is 2.63 bits per heavy atom. The molecule has 27 heavy (non-hydrogen) atoms. The van der Waals surface area contributed by atoms with Crippen molar-refractivity contribution in [3.63, 3.8) is 0 Å². The van der Waals surface area contributed by atoms with Gasteiger partial charge in [-0.3, -0.25) is 14.5 Å². The second-order valence-corrected chi connectivity index (χ2v) is 7.05. The van der Waals surface area contributed by atoms with Gasteiger partial charge in [-0.05, 0) is 31.2 Å². The number of methoxy groups -OCH3 is 1. The zero-order valence-corrected chi connectivity index (χ0v) is 16.2. The summed E-state index contributed by atoms with van der Waals surface area (Å²) in [7, 11) is 1.35. The van der Waals surface area contributed by atoms with Gasteiger partial charge in [-0.25, -0.2) is 9.18 Å². The van der Waals surface area contributed by atoms with Crippen molar-refractivity contribution in [2.45, 2.75) is 12.5 Å². The van der Waals surface area contributed by atoms with Crippen LogP contribution in [-0.4, -0.2) is 36.3 Å². The molecule has 0 bridgehead atoms. The van der Waals surface area contributed by atoms with Crippen molar-refractivity contribution in [1.82, 2.24) is 10.2 Å². The fourth-order valence-electron chi connectivity index (χ4n) is 3.02. The first-order valence-electron chi connectivity index (χ1n) is 8.04. The van der Waals surface area contributed by atoms with Crippen LogP contribution >= 0.6 is 15.9 Å². The number of carbonyl (C=O) groups is 3. The quantitative estimate of drug-likeness (QED) is 0.578. The number of benzene rings is 2. The number of hydrogen-bond acceptors (Lipinski definition) is 4. The minimum atomic E-state index is -1.32. The van der Waals surface area contributed by atoms with E-state index >= 15 is 0 Å². The number of rotatable bonds is 5. The minimum Gasteiger partial charge on any atom is -0.496 e. The van der Waals surface area contributed by atoms with Gasteiger partial charge in [0.15, 0.2) is 5.78 Å². The van der Waals surface area contributed by atoms with Gasteiger partial charge in [0, 0.05) is 10.0 Å². The Bertz CT molecular complexity index is 949. The standard InChI is InChI=1S/C19H16BrFN2O4/c1-19(13-5-3-4-6-14(13)20)17(25)23(18(26)22-19)10-15(24)12-9-11(21)7-8-16(12)27-2/h3-9H,10H2,1-2H3,(H,22,26). The van der Waals surface area contributed by atoms with Crippen molar-refractivity contribution in [3.8, 4) is 5.75 Å². The Labute approximate surface area is 163 Å². The summed E-state index contributed by atoms with van der Waals surface area (Å²) < 4.78 is 19.2. The third-order valence-corrected chi connectivity index (χ3v) is 5.14. The van der Waals surface area contributed by atoms with Crippen molar-refractivity contribution < 1.29 is 23.5 Å². The number of ketones is 1. The van der Waals surface area contributed by atoms with Crippen LogP contribution in [0.4, 0.5) is 9.18 Å². The Morgan fingerprint density at radius 1 is 1.26 bits per heavy atom. The lowest BCUT2D eigenvalue weighted by Gasteiger charge is -2.23. The number of urea groups is 1. The molecule has 6 nitrogen and oxygen atoms in total. The highest BCUT2D eigenvalue weighted by Crippen LogP contribution is 2.33. The maximum absolute atomic E-state index is 13.5. The van der Waals surface area contributed by atoms with Gasteiger partial charge < -0.3 is 10.1 Å². The van der Waals surface area contributed by atoms with Crippen LogP contribution in [0.1, 0.15) is 22.8 Å². The van der Waals surface area contributed by atoms with Gasteiger partial charge in [0.05, 0.1) is 19.2 Å². The third kappa shape index (κ3) is 3.32. The SMILES string of the molecule is COc1ccc(F)cc1C(=O)CN1C(=O)NC(C)(c2ccccc2Br)C1=O. The molecule has 3 amide bonds. The van der Waals surface area contributed by atoms with Gasteiger partial charge in [0.25, 0.3) is 5.91 Å². The number of carbonyl (C=O) groups excluding carboxylic acids is 3. The minimum absolute atomic E-state index is 0.0346. The van der Waals surface area contributed by atoms with E-state index in [-0.39, 0.29) is 11.3 Å². The normalized spacial score (nSPS) is 19.2. The van der Waals surface area contributed by atoms with Gasteiger partial charge in [-0.15, -0.1) is 0 Å². The molecule has 3 rings (SSSR count). The highest BCUT2D eigenvalue weighted by atomic mass is 79.9. The Morgan fingerprint density at radius 2 is 1.96 bits per heavy atom. The molecule has 1 aliphatic heterocycles. The van der Waals surface area contributed by atoms with Crippen LogP contribution in [0.5, 0.6) is 5.75 Å². The summed E-state index contributed by atoms with van der Waals surface area (Å²) in [5, 5.41) is 2.63. The van der Waals surface area contributed by atoms with Crippen LogP contribution in [0.15, 0.2) is 46.9 Å². The van der Waals surface area contributed by atoms with E-state index in [1.807, 2.05) is 0 Å². The van der Waals surface area contributed by atoms with E-state index in [1.54, 1.807) is 31.2 Å². The summed E-state index contributed by atoms with van der Waals surface area (Å²) in [6.07, 6.45) is 0. The third-order valence-electron chi connectivity index (χ3n) is 4.45. The molecule has 1 aliphatic rings. The van der Waals surface area contributed by atoms with Gasteiger partial charge in [0.1, 0.15) is 17.1 Å². The van der Waals surface area contributed by atoms with E-state index in [0.717, 1.165) is 17.0 Å². The van der Waals surface area contributed by atoms with Gasteiger partial charge in [-0.2, -0.15) is 0 Å². The van der Waals surface area contributed by atoms with E-state index < -0.39 is 35.6 Å². The van der Waals surface area contributed by atoms with E-state index in [4.69, 9.17) is 4.74 Å². The number of ether oxygens (including phenoxy) is 1. The molecule has 1 saturated heterocycles. The maximum atomic E-state index is 13.5. The zero-order chi connectivity index (χ0) is 19.8. The first kappa shape index (κ1) is 19.0. The number of nitrogens with one attached hydrogen (secondary N) is 1. The van der Waals surface area contributed by atoms with E-state index in [1.165, 1.54) is 13.2 Å². The molecular weight excluding hydrogens is 419 g/mol. The molecule has 1 fully saturated rings. The number of imide groups is 1. The average Bonchev–Trinajstić information content (AvgIpc) is 2.85. The highest BCUT2D eigenvalue weighted by molar-refractivity contribution is 9.10. The summed E-state index contributed by atoms with van der Waals surface area (Å²) in [6.45, 7) is 1.05. The molecule has 0 aliphatic carbocycles. The van der Waals surface area contributed by atoms with Crippen LogP contribution < -0.4 is 10.1 Å². The van der Waals surface area contributed by atoms with E-state index in [9.17, 15) is 18.8 Å². The molecule has 0 aromatic heterocycles. The van der Waals surface area contributed by atoms with Gasteiger partial charge in [-0.1, -0.05) is 34.1 Å². The summed E-state index contributed by atoms with van der Waals surface area (Å²) in [6, 6.07) is 9.81. The lowest BCUT2D eigenvalue weighted by atomic mass is 9.92. The Kier molecular flexibility index (Phi) is 5.01. The fourth-order valence-corrected chi connectivity index (χ4v) is 3.70. The summed E-state index contributed by atoms with van der Waals surface area (Å²) >= 11 is 3.38. The molecule has 0 radical (unpaired) electrons. The van der Waals surface area contributed by atoms with E-state index in [0.29, 0.717) is 10.0 Å². The number of nitrogens with zero attached hydrogens (tertiary/aromatic N) is 1. The highest BCUT2D eigenvalue weighted by Gasteiger charge is 2.50. The number of amides is 3. The monoisotopic (exact) mass is 434 g/mol. The number of halogens is 2. The predicted molar refractivity (Wildman–Crippen MR) is 99.0 cm³/mol. The lowest BCUT2D eigenvalue weighted by Crippen LogP contribution is -2.41. The molecule has 0 saturated carbocycles. The predicted octanol–water partition coefficient (Wildman–Crippen LogP) is 3.25. The Hall–Kier alpha value is -2.74. The first-order chi connectivity index (χ1) is 12.8. The molecule has 1 atom stereocenters. The van der Waals surface area contributed by atoms with Crippen molar-refractivity contribution in [3.05, 3.63) is 63.9 Å². The molecule has 8 heteroatoms. The molecule has 1 N–H and O–H groups in total. The molecule has 2 aromatic carbocycles. The van der Waals surface area contributed by atoms with Crippen molar-refractivity contribution in [2.24, 2.45) is 0 Å². The lowest BCUT2D eigenvalue weighted by molar-refractivity contribution is -0.130. The van der Waals surface area contributed by atoms with Gasteiger partial charge in [0.2, 0.25) is 0 Å². The zero-order valence-electron chi connectivity index (χ0n) is 14.6. The van der Waals surface area contributed by atoms with Crippen LogP contribution in [0.2, 0.25) is 0 Å². The van der Waals surface area contributed by atoms with Crippen LogP contribution in [0, 0.1) is 5.82 Å². The van der Waals surface area contributed by atoms with Crippen LogP contribution in [0.25, 0.3) is 0 Å². The number of Topliss-reactive ketones (excluding diaryl/α,β-unsaturated/α-hetero) is 1. The largest absolute Gasteiger partial charge is 0.496 e. The molecule has 1 heterocycles. The van der Waals surface area contributed by atoms with Crippen LogP contribution in [-0.2, 0) is 10.3 Å². The topological polar surface area (TPSA) is 75.7 Å². The van der Waals surface area contributed by atoms with Crippen molar-refractivity contribution in [2.75, 3.05) is 13.7 Å². The van der Waals surface area contributed by atoms with Crippen LogP contribution in [0.3, 0.4) is 0 Å². The molecule has 1 unspecified atom stereocenters. The van der Waals surface area contributed by atoms with Crippen molar-refractivity contribution >= 4 is 33.7 Å². The maximum Gasteiger partial charge on any atom is 0.325 e. The molecule has 140 valence electrons. The smallest absolute Gasteiger partial charge is 0.325 e. The molecule has 0 spiro atoms. The van der Waals surface area contributed by atoms with Gasteiger partial charge >= 0.3 is 6.03 Å². The van der Waals surface area contributed by atoms with Crippen molar-refractivity contribution in [1.29, 1.82) is 0 Å². The van der Waals surface area contributed by atoms with E-state index in [2.05, 4.69) is 21.2 Å². The summed E-state index contributed by atoms with van der Waals surface area (Å²) in [5.74, 6) is -1.62. The second-order valence-electron chi connectivity index (χ2n) is 6.19. The average molecular weight is 435 g/mol. The summed E-state index contributed by atoms with van der Waals surface area (Å²) in [4.78, 5) is 38.8. The molecular formula is C19H16BrFN2O4. The first-order valence-corrected chi connectivity index (χ1v) is 8.83.